The van der Waals surface area contributed by atoms with E-state index in [9.17, 15) is 13.9 Å². The van der Waals surface area contributed by atoms with Crippen molar-refractivity contribution in [1.82, 2.24) is 10.2 Å². The maximum atomic E-state index is 13.5. The fourth-order valence-corrected chi connectivity index (χ4v) is 2.59. The normalized spacial score (nSPS) is 18.1. The molecule has 1 fully saturated rings. The molecule has 112 valence electrons. The first-order valence-corrected chi connectivity index (χ1v) is 7.23. The lowest BCUT2D eigenvalue weighted by molar-refractivity contribution is 0.161. The number of likely N-dealkylation sites (tertiary alicyclic amines) is 1. The van der Waals surface area contributed by atoms with Gasteiger partial charge in [0.2, 0.25) is 0 Å². The lowest BCUT2D eigenvalue weighted by atomic mass is 10.1. The third-order valence-electron chi connectivity index (χ3n) is 3.72. The van der Waals surface area contributed by atoms with E-state index in [1.165, 1.54) is 25.3 Å². The number of nitrogens with zero attached hydrogens (tertiary/aromatic N) is 1. The average Bonchev–Trinajstić information content (AvgIpc) is 2.44. The van der Waals surface area contributed by atoms with E-state index in [2.05, 4.69) is 10.2 Å². The molecular formula is C15H22F2N2O. The fraction of sp³-hybridized carbons (Fsp3) is 0.600. The summed E-state index contributed by atoms with van der Waals surface area (Å²) in [6, 6.07) is 3.62. The van der Waals surface area contributed by atoms with Crippen LogP contribution in [0.3, 0.4) is 0 Å². The molecule has 0 radical (unpaired) electrons. The fourth-order valence-electron chi connectivity index (χ4n) is 2.59. The second-order valence-corrected chi connectivity index (χ2v) is 5.26. The second kappa shape index (κ2) is 7.67. The predicted molar refractivity (Wildman–Crippen MR) is 74.5 cm³/mol. The Labute approximate surface area is 118 Å². The maximum absolute atomic E-state index is 13.5. The number of aliphatic hydroxyl groups excluding tert-OH is 1. The van der Waals surface area contributed by atoms with Gasteiger partial charge in [0, 0.05) is 19.6 Å². The number of rotatable bonds is 6. The van der Waals surface area contributed by atoms with Crippen molar-refractivity contribution in [1.29, 1.82) is 0 Å². The van der Waals surface area contributed by atoms with Gasteiger partial charge in [-0.15, -0.1) is 0 Å². The van der Waals surface area contributed by atoms with E-state index in [0.717, 1.165) is 31.8 Å². The smallest absolute Gasteiger partial charge is 0.131 e. The summed E-state index contributed by atoms with van der Waals surface area (Å²) in [6.07, 6.45) is 2.62. The van der Waals surface area contributed by atoms with Crippen LogP contribution < -0.4 is 5.32 Å². The van der Waals surface area contributed by atoms with Gasteiger partial charge in [0.1, 0.15) is 11.6 Å². The summed E-state index contributed by atoms with van der Waals surface area (Å²) in [7, 11) is 0. The Morgan fingerprint density at radius 2 is 1.80 bits per heavy atom. The van der Waals surface area contributed by atoms with Crippen LogP contribution in [0.5, 0.6) is 0 Å². The third kappa shape index (κ3) is 4.23. The van der Waals surface area contributed by atoms with Gasteiger partial charge in [0.25, 0.3) is 0 Å². The number of hydrogen-bond acceptors (Lipinski definition) is 3. The molecule has 0 bridgehead atoms. The zero-order chi connectivity index (χ0) is 14.4. The van der Waals surface area contributed by atoms with Crippen molar-refractivity contribution >= 4 is 0 Å². The molecule has 20 heavy (non-hydrogen) atoms. The molecule has 0 aromatic heterocycles. The molecule has 1 atom stereocenters. The van der Waals surface area contributed by atoms with E-state index in [4.69, 9.17) is 0 Å². The van der Waals surface area contributed by atoms with Crippen molar-refractivity contribution in [3.05, 3.63) is 35.4 Å². The summed E-state index contributed by atoms with van der Waals surface area (Å²) >= 11 is 0. The van der Waals surface area contributed by atoms with Gasteiger partial charge in [-0.1, -0.05) is 12.5 Å². The minimum Gasteiger partial charge on any atom is -0.387 e. The van der Waals surface area contributed by atoms with Gasteiger partial charge < -0.3 is 15.3 Å². The van der Waals surface area contributed by atoms with E-state index < -0.39 is 17.7 Å². The summed E-state index contributed by atoms with van der Waals surface area (Å²) in [5.41, 5.74) is -0.252. The van der Waals surface area contributed by atoms with Crippen molar-refractivity contribution in [2.24, 2.45) is 0 Å². The van der Waals surface area contributed by atoms with Crippen LogP contribution in [0.25, 0.3) is 0 Å². The van der Waals surface area contributed by atoms with Crippen LogP contribution in [0.1, 0.15) is 30.9 Å². The monoisotopic (exact) mass is 284 g/mol. The average molecular weight is 284 g/mol. The highest BCUT2D eigenvalue weighted by Crippen LogP contribution is 2.19. The molecule has 1 aliphatic heterocycles. The highest BCUT2D eigenvalue weighted by atomic mass is 19.1. The quantitative estimate of drug-likeness (QED) is 0.785. The van der Waals surface area contributed by atoms with Crippen LogP contribution in [0.4, 0.5) is 8.78 Å². The van der Waals surface area contributed by atoms with Crippen LogP contribution in [0.15, 0.2) is 18.2 Å². The van der Waals surface area contributed by atoms with E-state index >= 15 is 0 Å². The van der Waals surface area contributed by atoms with Gasteiger partial charge in [-0.05, 0) is 38.1 Å². The number of benzene rings is 1. The molecule has 2 N–H and O–H groups in total. The van der Waals surface area contributed by atoms with Crippen LogP contribution in [0, 0.1) is 11.6 Å². The van der Waals surface area contributed by atoms with Gasteiger partial charge >= 0.3 is 0 Å². The lowest BCUT2D eigenvalue weighted by Gasteiger charge is -2.26. The van der Waals surface area contributed by atoms with E-state index in [1.54, 1.807) is 0 Å². The molecule has 1 aliphatic rings. The van der Waals surface area contributed by atoms with Gasteiger partial charge in [0.05, 0.1) is 11.7 Å². The Balaban J connectivity index is 1.73. The molecular weight excluding hydrogens is 262 g/mol. The van der Waals surface area contributed by atoms with Gasteiger partial charge in [0.15, 0.2) is 0 Å². The van der Waals surface area contributed by atoms with E-state index in [1.807, 2.05) is 0 Å². The Morgan fingerprint density at radius 3 is 2.45 bits per heavy atom. The second-order valence-electron chi connectivity index (χ2n) is 5.26. The zero-order valence-corrected chi connectivity index (χ0v) is 11.6. The van der Waals surface area contributed by atoms with Gasteiger partial charge in [-0.25, -0.2) is 8.78 Å². The molecule has 1 aromatic carbocycles. The summed E-state index contributed by atoms with van der Waals surface area (Å²) in [4.78, 5) is 2.37. The Bertz CT molecular complexity index is 402. The van der Waals surface area contributed by atoms with Crippen LogP contribution in [-0.2, 0) is 0 Å². The highest BCUT2D eigenvalue weighted by Gasteiger charge is 2.17. The Morgan fingerprint density at radius 1 is 1.15 bits per heavy atom. The van der Waals surface area contributed by atoms with Crippen molar-refractivity contribution in [2.45, 2.75) is 25.4 Å². The number of aliphatic hydroxyl groups is 1. The predicted octanol–water partition coefficient (Wildman–Crippen LogP) is 2.07. The van der Waals surface area contributed by atoms with Crippen molar-refractivity contribution in [3.8, 4) is 0 Å². The van der Waals surface area contributed by atoms with Crippen molar-refractivity contribution in [2.75, 3.05) is 32.7 Å². The number of halogens is 2. The molecule has 1 saturated heterocycles. The number of nitrogens with one attached hydrogen (secondary N) is 1. The summed E-state index contributed by atoms with van der Waals surface area (Å²) in [6.45, 7) is 4.02. The summed E-state index contributed by atoms with van der Waals surface area (Å²) in [5, 5.41) is 12.9. The molecule has 0 aliphatic carbocycles. The van der Waals surface area contributed by atoms with E-state index in [0.29, 0.717) is 6.54 Å². The lowest BCUT2D eigenvalue weighted by Crippen LogP contribution is -2.37. The summed E-state index contributed by atoms with van der Waals surface area (Å²) < 4.78 is 26.9. The minimum atomic E-state index is -1.16. The highest BCUT2D eigenvalue weighted by molar-refractivity contribution is 5.22. The minimum absolute atomic E-state index is 0.158. The molecule has 2 rings (SSSR count). The maximum Gasteiger partial charge on any atom is 0.131 e. The van der Waals surface area contributed by atoms with Crippen molar-refractivity contribution in [3.63, 3.8) is 0 Å². The zero-order valence-electron chi connectivity index (χ0n) is 11.6. The molecule has 0 saturated carbocycles. The largest absolute Gasteiger partial charge is 0.387 e. The topological polar surface area (TPSA) is 35.5 Å². The molecule has 3 nitrogen and oxygen atoms in total. The Kier molecular flexibility index (Phi) is 5.88. The van der Waals surface area contributed by atoms with Crippen LogP contribution in [-0.4, -0.2) is 42.7 Å². The third-order valence-corrected chi connectivity index (χ3v) is 3.72. The van der Waals surface area contributed by atoms with E-state index in [-0.39, 0.29) is 12.1 Å². The number of hydrogen-bond donors (Lipinski definition) is 2. The molecule has 0 spiro atoms. The SMILES string of the molecule is OC(CNCCN1CCCCC1)c1c(F)cccc1F. The van der Waals surface area contributed by atoms with Gasteiger partial charge in [-0.3, -0.25) is 0 Å². The number of piperidine rings is 1. The molecule has 0 amide bonds. The first-order valence-electron chi connectivity index (χ1n) is 7.23. The van der Waals surface area contributed by atoms with Crippen LogP contribution >= 0.6 is 0 Å². The van der Waals surface area contributed by atoms with Crippen LogP contribution in [0.2, 0.25) is 0 Å². The first-order chi connectivity index (χ1) is 9.68. The summed E-state index contributed by atoms with van der Waals surface area (Å²) in [5.74, 6) is -1.40. The molecule has 1 heterocycles. The molecule has 1 aromatic rings. The standard InChI is InChI=1S/C15H22F2N2O/c16-12-5-4-6-13(17)15(12)14(20)11-18-7-10-19-8-2-1-3-9-19/h4-6,14,18,20H,1-3,7-11H2. The van der Waals surface area contributed by atoms with Gasteiger partial charge in [-0.2, -0.15) is 0 Å². The van der Waals surface area contributed by atoms with Crippen molar-refractivity contribution < 1.29 is 13.9 Å². The molecule has 1 unspecified atom stereocenters. The molecule has 5 heteroatoms. The first kappa shape index (κ1) is 15.4. The Hall–Kier alpha value is -1.04.